The van der Waals surface area contributed by atoms with Crippen LogP contribution >= 0.6 is 11.8 Å². The Labute approximate surface area is 116 Å². The number of fused-ring (bicyclic) bond motifs is 1. The van der Waals surface area contributed by atoms with Gasteiger partial charge in [0, 0.05) is 11.3 Å². The molecule has 0 radical (unpaired) electrons. The van der Waals surface area contributed by atoms with E-state index in [0.717, 1.165) is 23.9 Å². The van der Waals surface area contributed by atoms with Crippen LogP contribution in [0.1, 0.15) is 30.9 Å². The van der Waals surface area contributed by atoms with Crippen molar-refractivity contribution < 1.29 is 0 Å². The first-order valence-corrected chi connectivity index (χ1v) is 7.72. The summed E-state index contributed by atoms with van der Waals surface area (Å²) >= 11 is 1.93. The molecule has 4 nitrogen and oxygen atoms in total. The molecule has 2 unspecified atom stereocenters. The number of anilines is 1. The molecule has 2 N–H and O–H groups in total. The number of thioether (sulfide) groups is 1. The quantitative estimate of drug-likeness (QED) is 0.912. The Balaban J connectivity index is 2.07. The van der Waals surface area contributed by atoms with Crippen LogP contribution in [-0.2, 0) is 0 Å². The van der Waals surface area contributed by atoms with Gasteiger partial charge in [-0.25, -0.2) is 4.98 Å². The average Bonchev–Trinajstić information content (AvgIpc) is 3.00. The van der Waals surface area contributed by atoms with Gasteiger partial charge in [-0.2, -0.15) is 17.0 Å². The van der Waals surface area contributed by atoms with Gasteiger partial charge in [-0.05, 0) is 43.7 Å². The molecule has 1 fully saturated rings. The highest BCUT2D eigenvalue weighted by atomic mass is 32.2. The van der Waals surface area contributed by atoms with E-state index in [1.807, 2.05) is 23.9 Å². The first-order chi connectivity index (χ1) is 9.22. The van der Waals surface area contributed by atoms with Crippen LogP contribution in [0.5, 0.6) is 0 Å². The Bertz CT molecular complexity index is 655. The standard InChI is InChI=1S/C14H16N4S/c1-19-11-4-3-10(7-11)18-13-6-9(8-15)2-5-12(13)17-14(18)16/h2,5-6,10-11H,3-4,7H2,1H3,(H2,16,17). The molecule has 0 amide bonds. The second-order valence-electron chi connectivity index (χ2n) is 4.98. The summed E-state index contributed by atoms with van der Waals surface area (Å²) in [6.07, 6.45) is 5.66. The molecule has 3 rings (SSSR count). The lowest BCUT2D eigenvalue weighted by Gasteiger charge is -2.15. The summed E-state index contributed by atoms with van der Waals surface area (Å²) in [6, 6.07) is 8.15. The lowest BCUT2D eigenvalue weighted by Crippen LogP contribution is -2.09. The summed E-state index contributed by atoms with van der Waals surface area (Å²) in [4.78, 5) is 4.41. The fourth-order valence-corrected chi connectivity index (χ4v) is 3.72. The molecule has 5 heteroatoms. The molecule has 2 atom stereocenters. The number of hydrogen-bond acceptors (Lipinski definition) is 4. The second-order valence-corrected chi connectivity index (χ2v) is 6.12. The number of imidazole rings is 1. The minimum Gasteiger partial charge on any atom is -0.369 e. The fourth-order valence-electron chi connectivity index (χ4n) is 2.93. The fraction of sp³-hybridized carbons (Fsp3) is 0.429. The third-order valence-electron chi connectivity index (χ3n) is 3.90. The highest BCUT2D eigenvalue weighted by Crippen LogP contribution is 2.39. The molecule has 1 heterocycles. The Hall–Kier alpha value is -1.67. The molecule has 2 aromatic rings. The molecule has 0 bridgehead atoms. The van der Waals surface area contributed by atoms with Crippen LogP contribution < -0.4 is 5.73 Å². The van der Waals surface area contributed by atoms with E-state index in [9.17, 15) is 0 Å². The molecular formula is C14H16N4S. The summed E-state index contributed by atoms with van der Waals surface area (Å²) in [5, 5.41) is 9.74. The van der Waals surface area contributed by atoms with Gasteiger partial charge >= 0.3 is 0 Å². The maximum atomic E-state index is 9.03. The lowest BCUT2D eigenvalue weighted by molar-refractivity contribution is 0.540. The van der Waals surface area contributed by atoms with Crippen LogP contribution in [0.4, 0.5) is 5.95 Å². The minimum absolute atomic E-state index is 0.413. The van der Waals surface area contributed by atoms with Crippen LogP contribution in [0.15, 0.2) is 18.2 Å². The predicted octanol–water partition coefficient (Wildman–Crippen LogP) is 2.95. The van der Waals surface area contributed by atoms with Crippen molar-refractivity contribution in [2.75, 3.05) is 12.0 Å². The number of nitrogens with zero attached hydrogens (tertiary/aromatic N) is 3. The monoisotopic (exact) mass is 272 g/mol. The van der Waals surface area contributed by atoms with Crippen LogP contribution in [-0.4, -0.2) is 21.1 Å². The van der Waals surface area contributed by atoms with Crippen LogP contribution in [0.25, 0.3) is 11.0 Å². The number of aromatic nitrogens is 2. The highest BCUT2D eigenvalue weighted by molar-refractivity contribution is 7.99. The zero-order chi connectivity index (χ0) is 13.4. The van der Waals surface area contributed by atoms with Crippen molar-refractivity contribution in [2.45, 2.75) is 30.6 Å². The number of nitrogens with two attached hydrogens (primary N) is 1. The Kier molecular flexibility index (Phi) is 3.11. The van der Waals surface area contributed by atoms with Crippen molar-refractivity contribution in [3.63, 3.8) is 0 Å². The molecule has 19 heavy (non-hydrogen) atoms. The van der Waals surface area contributed by atoms with Gasteiger partial charge in [0.1, 0.15) is 0 Å². The van der Waals surface area contributed by atoms with Gasteiger partial charge in [0.15, 0.2) is 0 Å². The first-order valence-electron chi connectivity index (χ1n) is 6.43. The van der Waals surface area contributed by atoms with Crippen LogP contribution in [0.3, 0.4) is 0 Å². The first kappa shape index (κ1) is 12.4. The SMILES string of the molecule is CSC1CCC(n2c(N)nc3ccc(C#N)cc32)C1. The van der Waals surface area contributed by atoms with E-state index in [4.69, 9.17) is 11.0 Å². The molecule has 1 aromatic carbocycles. The van der Waals surface area contributed by atoms with Gasteiger partial charge in [0.05, 0.1) is 22.7 Å². The smallest absolute Gasteiger partial charge is 0.201 e. The third kappa shape index (κ3) is 2.06. The van der Waals surface area contributed by atoms with E-state index in [1.54, 1.807) is 6.07 Å². The molecule has 98 valence electrons. The summed E-state index contributed by atoms with van der Waals surface area (Å²) in [5.41, 5.74) is 8.60. The summed E-state index contributed by atoms with van der Waals surface area (Å²) < 4.78 is 2.12. The van der Waals surface area contributed by atoms with Gasteiger partial charge in [0.2, 0.25) is 5.95 Å². The van der Waals surface area contributed by atoms with E-state index in [1.165, 1.54) is 6.42 Å². The number of hydrogen-bond donors (Lipinski definition) is 1. The Morgan fingerprint density at radius 1 is 1.47 bits per heavy atom. The molecule has 0 aliphatic heterocycles. The van der Waals surface area contributed by atoms with E-state index >= 15 is 0 Å². The maximum absolute atomic E-state index is 9.03. The van der Waals surface area contributed by atoms with E-state index in [2.05, 4.69) is 21.9 Å². The summed E-state index contributed by atoms with van der Waals surface area (Å²) in [6.45, 7) is 0. The zero-order valence-electron chi connectivity index (χ0n) is 10.8. The number of rotatable bonds is 2. The van der Waals surface area contributed by atoms with Gasteiger partial charge in [-0.3, -0.25) is 0 Å². The topological polar surface area (TPSA) is 67.6 Å². The Morgan fingerprint density at radius 3 is 3.00 bits per heavy atom. The molecular weight excluding hydrogens is 256 g/mol. The van der Waals surface area contributed by atoms with Crippen molar-refractivity contribution in [3.05, 3.63) is 23.8 Å². The molecule has 0 saturated heterocycles. The molecule has 1 aliphatic carbocycles. The van der Waals surface area contributed by atoms with Crippen molar-refractivity contribution >= 4 is 28.7 Å². The average molecular weight is 272 g/mol. The number of benzene rings is 1. The normalized spacial score (nSPS) is 22.7. The van der Waals surface area contributed by atoms with Crippen molar-refractivity contribution in [1.82, 2.24) is 9.55 Å². The van der Waals surface area contributed by atoms with Gasteiger partial charge in [-0.1, -0.05) is 0 Å². The van der Waals surface area contributed by atoms with Crippen LogP contribution in [0.2, 0.25) is 0 Å². The molecule has 1 aromatic heterocycles. The summed E-state index contributed by atoms with van der Waals surface area (Å²) in [5.74, 6) is 0.567. The number of nitrogen functional groups attached to an aromatic ring is 1. The number of nitriles is 1. The van der Waals surface area contributed by atoms with E-state index < -0.39 is 0 Å². The van der Waals surface area contributed by atoms with Crippen molar-refractivity contribution in [1.29, 1.82) is 5.26 Å². The lowest BCUT2D eigenvalue weighted by atomic mass is 10.2. The minimum atomic E-state index is 0.413. The maximum Gasteiger partial charge on any atom is 0.201 e. The third-order valence-corrected chi connectivity index (χ3v) is 5.00. The van der Waals surface area contributed by atoms with Crippen molar-refractivity contribution in [2.24, 2.45) is 0 Å². The molecule has 1 aliphatic rings. The van der Waals surface area contributed by atoms with Crippen molar-refractivity contribution in [3.8, 4) is 6.07 Å². The zero-order valence-corrected chi connectivity index (χ0v) is 11.7. The van der Waals surface area contributed by atoms with Crippen LogP contribution in [0, 0.1) is 11.3 Å². The predicted molar refractivity (Wildman–Crippen MR) is 79.1 cm³/mol. The largest absolute Gasteiger partial charge is 0.369 e. The summed E-state index contributed by atoms with van der Waals surface area (Å²) in [7, 11) is 0. The Morgan fingerprint density at radius 2 is 2.32 bits per heavy atom. The van der Waals surface area contributed by atoms with Gasteiger partial charge in [0.25, 0.3) is 0 Å². The van der Waals surface area contributed by atoms with E-state index in [-0.39, 0.29) is 0 Å². The molecule has 0 spiro atoms. The van der Waals surface area contributed by atoms with Gasteiger partial charge in [-0.15, -0.1) is 0 Å². The highest BCUT2D eigenvalue weighted by Gasteiger charge is 2.27. The molecule has 1 saturated carbocycles. The second kappa shape index (κ2) is 4.78. The van der Waals surface area contributed by atoms with E-state index in [0.29, 0.717) is 22.8 Å². The van der Waals surface area contributed by atoms with Gasteiger partial charge < -0.3 is 10.3 Å².